The summed E-state index contributed by atoms with van der Waals surface area (Å²) in [6.07, 6.45) is 0. The van der Waals surface area contributed by atoms with E-state index in [1.54, 1.807) is 43.3 Å². The van der Waals surface area contributed by atoms with E-state index in [1.165, 1.54) is 13.0 Å². The summed E-state index contributed by atoms with van der Waals surface area (Å²) in [5.41, 5.74) is 1.70. The van der Waals surface area contributed by atoms with Crippen LogP contribution in [0.15, 0.2) is 52.4 Å². The summed E-state index contributed by atoms with van der Waals surface area (Å²) in [7, 11) is -3.70. The normalized spacial score (nSPS) is 16.6. The second kappa shape index (κ2) is 8.22. The largest absolute Gasteiger partial charge is 0.454 e. The van der Waals surface area contributed by atoms with Gasteiger partial charge in [-0.2, -0.15) is 0 Å². The lowest BCUT2D eigenvalue weighted by atomic mass is 10.2. The Kier molecular flexibility index (Phi) is 5.90. The molecule has 10 heteroatoms. The highest BCUT2D eigenvalue weighted by molar-refractivity contribution is 7.90. The summed E-state index contributed by atoms with van der Waals surface area (Å²) in [4.78, 5) is 28.4. The van der Waals surface area contributed by atoms with E-state index in [0.717, 1.165) is 5.56 Å². The van der Waals surface area contributed by atoms with Gasteiger partial charge in [-0.25, -0.2) is 13.2 Å². The van der Waals surface area contributed by atoms with Crippen molar-refractivity contribution in [2.24, 2.45) is 4.99 Å². The quantitative estimate of drug-likeness (QED) is 0.699. The maximum Gasteiger partial charge on any atom is 0.331 e. The Morgan fingerprint density at radius 1 is 1.24 bits per heavy atom. The maximum absolute atomic E-state index is 12.2. The molecule has 0 fully saturated rings. The van der Waals surface area contributed by atoms with Crippen molar-refractivity contribution in [2.45, 2.75) is 24.8 Å². The lowest BCUT2D eigenvalue weighted by Gasteiger charge is -2.11. The van der Waals surface area contributed by atoms with E-state index < -0.39 is 34.5 Å². The number of carbonyl (C=O) groups is 2. The molecule has 1 amide bonds. The van der Waals surface area contributed by atoms with E-state index in [4.69, 9.17) is 16.3 Å². The average molecular weight is 436 g/mol. The number of hydrogen-bond donors (Lipinski definition) is 2. The molecule has 0 saturated carbocycles. The third kappa shape index (κ3) is 4.75. The molecule has 2 aromatic rings. The number of ether oxygens (including phenoxy) is 1. The first-order valence-electron chi connectivity index (χ1n) is 8.60. The first-order valence-corrected chi connectivity index (χ1v) is 10.5. The summed E-state index contributed by atoms with van der Waals surface area (Å²) in [6.45, 7) is 2.74. The molecule has 1 aliphatic rings. The maximum atomic E-state index is 12.2. The van der Waals surface area contributed by atoms with Gasteiger partial charge >= 0.3 is 5.97 Å². The molecule has 0 saturated heterocycles. The van der Waals surface area contributed by atoms with Crippen LogP contribution >= 0.6 is 11.6 Å². The third-order valence-corrected chi connectivity index (χ3v) is 5.78. The summed E-state index contributed by atoms with van der Waals surface area (Å²) in [6, 6.07) is 10.3. The molecule has 0 aromatic heterocycles. The van der Waals surface area contributed by atoms with Crippen molar-refractivity contribution >= 4 is 45.0 Å². The summed E-state index contributed by atoms with van der Waals surface area (Å²) >= 11 is 5.91. The molecular formula is C19H18ClN3O5S. The Labute approximate surface area is 173 Å². The second-order valence-electron chi connectivity index (χ2n) is 6.37. The molecule has 0 radical (unpaired) electrons. The first kappa shape index (κ1) is 20.8. The minimum Gasteiger partial charge on any atom is -0.454 e. The van der Waals surface area contributed by atoms with Gasteiger partial charge in [-0.05, 0) is 43.7 Å². The Balaban J connectivity index is 1.62. The van der Waals surface area contributed by atoms with Crippen molar-refractivity contribution in [3.05, 3.63) is 58.6 Å². The van der Waals surface area contributed by atoms with Crippen LogP contribution in [0.3, 0.4) is 0 Å². The standard InChI is InChI=1S/C19H18ClN3O5S/c1-11-7-8-13(20)9-15(11)22-17(24)10-28-19(25)12(2)21-18-14-5-3-4-6-16(14)29(26,27)23-18/h3-9,12H,10H2,1-2H3,(H,21,23)(H,22,24)/t12-/m0/s1. The average Bonchev–Trinajstić information content (AvgIpc) is 2.93. The number of carbonyl (C=O) groups excluding carboxylic acids is 2. The van der Waals surface area contributed by atoms with Crippen molar-refractivity contribution in [1.29, 1.82) is 0 Å². The molecule has 0 aliphatic carbocycles. The Hall–Kier alpha value is -2.91. The highest BCUT2D eigenvalue weighted by Gasteiger charge is 2.31. The number of nitrogens with one attached hydrogen (secondary N) is 2. The number of halogens is 1. The molecule has 1 atom stereocenters. The van der Waals surface area contributed by atoms with Crippen molar-refractivity contribution in [2.75, 3.05) is 11.9 Å². The van der Waals surface area contributed by atoms with E-state index >= 15 is 0 Å². The van der Waals surface area contributed by atoms with Gasteiger partial charge in [0, 0.05) is 16.3 Å². The van der Waals surface area contributed by atoms with Crippen LogP contribution < -0.4 is 10.0 Å². The van der Waals surface area contributed by atoms with Gasteiger partial charge in [0.2, 0.25) is 0 Å². The summed E-state index contributed by atoms with van der Waals surface area (Å²) < 4.78 is 31.5. The molecule has 152 valence electrons. The minimum absolute atomic E-state index is 0.0593. The van der Waals surface area contributed by atoms with Gasteiger partial charge in [0.1, 0.15) is 11.9 Å². The Bertz CT molecular complexity index is 1110. The zero-order valence-electron chi connectivity index (χ0n) is 15.6. The lowest BCUT2D eigenvalue weighted by Crippen LogP contribution is -2.29. The number of sulfonamides is 1. The molecule has 0 unspecified atom stereocenters. The van der Waals surface area contributed by atoms with Crippen LogP contribution in [0.1, 0.15) is 18.1 Å². The lowest BCUT2D eigenvalue weighted by molar-refractivity contribution is -0.148. The van der Waals surface area contributed by atoms with Gasteiger partial charge in [0.05, 0.1) is 4.90 Å². The van der Waals surface area contributed by atoms with E-state index in [1.807, 2.05) is 0 Å². The SMILES string of the molecule is Cc1ccc(Cl)cc1NC(=O)COC(=O)[C@H](C)N=C1NS(=O)(=O)c2ccccc21. The van der Waals surface area contributed by atoms with E-state index in [0.29, 0.717) is 16.3 Å². The van der Waals surface area contributed by atoms with E-state index in [-0.39, 0.29) is 10.7 Å². The smallest absolute Gasteiger partial charge is 0.331 e. The molecule has 2 N–H and O–H groups in total. The summed E-state index contributed by atoms with van der Waals surface area (Å²) in [5.74, 6) is -1.24. The highest BCUT2D eigenvalue weighted by Crippen LogP contribution is 2.23. The monoisotopic (exact) mass is 435 g/mol. The van der Waals surface area contributed by atoms with Gasteiger partial charge in [0.15, 0.2) is 6.61 Å². The van der Waals surface area contributed by atoms with Crippen LogP contribution in [0.2, 0.25) is 5.02 Å². The number of amides is 1. The number of esters is 1. The molecule has 1 heterocycles. The molecule has 3 rings (SSSR count). The topological polar surface area (TPSA) is 114 Å². The fourth-order valence-electron chi connectivity index (χ4n) is 2.65. The van der Waals surface area contributed by atoms with Crippen LogP contribution in [0, 0.1) is 6.92 Å². The number of hydrogen-bond acceptors (Lipinski definition) is 6. The number of anilines is 1. The predicted molar refractivity (Wildman–Crippen MR) is 109 cm³/mol. The number of fused-ring (bicyclic) bond motifs is 1. The summed E-state index contributed by atoms with van der Waals surface area (Å²) in [5, 5.41) is 3.08. The molecule has 0 bridgehead atoms. The number of benzene rings is 2. The molecule has 2 aromatic carbocycles. The zero-order chi connectivity index (χ0) is 21.2. The van der Waals surface area contributed by atoms with E-state index in [2.05, 4.69) is 15.0 Å². The predicted octanol–water partition coefficient (Wildman–Crippen LogP) is 2.26. The van der Waals surface area contributed by atoms with Crippen LogP contribution in [0.4, 0.5) is 5.69 Å². The first-order chi connectivity index (χ1) is 13.7. The number of aliphatic imine (C=N–C) groups is 1. The van der Waals surface area contributed by atoms with Crippen molar-refractivity contribution in [3.8, 4) is 0 Å². The third-order valence-electron chi connectivity index (χ3n) is 4.15. The minimum atomic E-state index is -3.70. The van der Waals surface area contributed by atoms with Crippen molar-refractivity contribution < 1.29 is 22.7 Å². The van der Waals surface area contributed by atoms with Crippen LogP contribution in [-0.2, 0) is 24.3 Å². The Morgan fingerprint density at radius 2 is 1.97 bits per heavy atom. The fourth-order valence-corrected chi connectivity index (χ4v) is 4.06. The van der Waals surface area contributed by atoms with Crippen LogP contribution in [0.5, 0.6) is 0 Å². The number of rotatable bonds is 5. The van der Waals surface area contributed by atoms with E-state index in [9.17, 15) is 18.0 Å². The zero-order valence-corrected chi connectivity index (χ0v) is 17.2. The number of amidine groups is 1. The highest BCUT2D eigenvalue weighted by atomic mass is 35.5. The fraction of sp³-hybridized carbons (Fsp3) is 0.211. The van der Waals surface area contributed by atoms with Gasteiger partial charge in [-0.3, -0.25) is 14.5 Å². The molecule has 29 heavy (non-hydrogen) atoms. The van der Waals surface area contributed by atoms with Gasteiger partial charge in [0.25, 0.3) is 15.9 Å². The molecule has 0 spiro atoms. The Morgan fingerprint density at radius 3 is 2.72 bits per heavy atom. The van der Waals surface area contributed by atoms with Crippen LogP contribution in [-0.4, -0.2) is 38.8 Å². The van der Waals surface area contributed by atoms with Gasteiger partial charge in [-0.15, -0.1) is 0 Å². The molecule has 8 nitrogen and oxygen atoms in total. The molecule has 1 aliphatic heterocycles. The number of aryl methyl sites for hydroxylation is 1. The molecular weight excluding hydrogens is 418 g/mol. The van der Waals surface area contributed by atoms with Crippen LogP contribution in [0.25, 0.3) is 0 Å². The van der Waals surface area contributed by atoms with Crippen molar-refractivity contribution in [1.82, 2.24) is 4.72 Å². The second-order valence-corrected chi connectivity index (χ2v) is 8.46. The van der Waals surface area contributed by atoms with Gasteiger partial charge < -0.3 is 10.1 Å². The van der Waals surface area contributed by atoms with Gasteiger partial charge in [-0.1, -0.05) is 29.8 Å². The van der Waals surface area contributed by atoms with Crippen molar-refractivity contribution in [3.63, 3.8) is 0 Å². The number of nitrogens with zero attached hydrogens (tertiary/aromatic N) is 1.